The predicted octanol–water partition coefficient (Wildman–Crippen LogP) is 4.78. The first-order valence-corrected chi connectivity index (χ1v) is 9.78. The molecule has 134 valence electrons. The molecule has 1 aliphatic rings. The van der Waals surface area contributed by atoms with Crippen molar-refractivity contribution in [2.75, 3.05) is 5.75 Å². The van der Waals surface area contributed by atoms with E-state index < -0.39 is 0 Å². The Morgan fingerprint density at radius 2 is 1.77 bits per heavy atom. The maximum atomic E-state index is 12.9. The number of benzene rings is 2. The molecule has 3 rings (SSSR count). The lowest BCUT2D eigenvalue weighted by molar-refractivity contribution is -0.128. The molecule has 1 fully saturated rings. The average molecular weight is 388 g/mol. The van der Waals surface area contributed by atoms with Gasteiger partial charge in [0.05, 0.1) is 6.04 Å². The zero-order chi connectivity index (χ0) is 18.5. The van der Waals surface area contributed by atoms with E-state index in [4.69, 9.17) is 12.2 Å². The molecule has 6 heteroatoms. The van der Waals surface area contributed by atoms with Gasteiger partial charge in [0.25, 0.3) is 0 Å². The Bertz CT molecular complexity index is 808. The van der Waals surface area contributed by atoms with Crippen molar-refractivity contribution in [3.8, 4) is 0 Å². The van der Waals surface area contributed by atoms with Gasteiger partial charge in [-0.25, -0.2) is 4.39 Å². The highest BCUT2D eigenvalue weighted by Gasteiger charge is 2.34. The standard InChI is InChI=1S/C20H18FNO2S2/c21-16-11-9-15(10-12-16)18(23)7-4-8-19(24)22-17(13-26-20(22)25)14-5-2-1-3-6-14/h1-3,5-6,9-12,17H,4,7-8,13H2. The molecule has 0 bridgehead atoms. The van der Waals surface area contributed by atoms with Crippen LogP contribution in [0.3, 0.4) is 0 Å². The fourth-order valence-electron chi connectivity index (χ4n) is 2.92. The molecule has 0 aliphatic carbocycles. The van der Waals surface area contributed by atoms with Crippen molar-refractivity contribution < 1.29 is 14.0 Å². The molecule has 2 aromatic carbocycles. The number of thiocarbonyl (C=S) groups is 1. The second-order valence-electron chi connectivity index (χ2n) is 6.05. The van der Waals surface area contributed by atoms with Crippen molar-refractivity contribution in [1.82, 2.24) is 4.90 Å². The van der Waals surface area contributed by atoms with E-state index >= 15 is 0 Å². The highest BCUT2D eigenvalue weighted by Crippen LogP contribution is 2.36. The van der Waals surface area contributed by atoms with E-state index in [0.29, 0.717) is 16.3 Å². The third-order valence-electron chi connectivity index (χ3n) is 4.29. The zero-order valence-corrected chi connectivity index (χ0v) is 15.7. The normalized spacial score (nSPS) is 16.7. The Hall–Kier alpha value is -2.05. The largest absolute Gasteiger partial charge is 0.294 e. The minimum Gasteiger partial charge on any atom is -0.294 e. The van der Waals surface area contributed by atoms with Gasteiger partial charge in [0.1, 0.15) is 10.1 Å². The average Bonchev–Trinajstić information content (AvgIpc) is 3.04. The smallest absolute Gasteiger partial charge is 0.228 e. The fraction of sp³-hybridized carbons (Fsp3) is 0.250. The van der Waals surface area contributed by atoms with Gasteiger partial charge in [-0.2, -0.15) is 0 Å². The summed E-state index contributed by atoms with van der Waals surface area (Å²) in [4.78, 5) is 26.5. The van der Waals surface area contributed by atoms with Crippen LogP contribution in [0.2, 0.25) is 0 Å². The Kier molecular flexibility index (Phi) is 6.16. The van der Waals surface area contributed by atoms with E-state index in [1.165, 1.54) is 36.0 Å². The van der Waals surface area contributed by atoms with Gasteiger partial charge in [0, 0.05) is 24.2 Å². The van der Waals surface area contributed by atoms with Gasteiger partial charge in [-0.05, 0) is 36.2 Å². The number of rotatable bonds is 6. The summed E-state index contributed by atoms with van der Waals surface area (Å²) in [6, 6.07) is 15.3. The van der Waals surface area contributed by atoms with Crippen molar-refractivity contribution in [2.24, 2.45) is 0 Å². The Morgan fingerprint density at radius 3 is 2.46 bits per heavy atom. The second-order valence-corrected chi connectivity index (χ2v) is 7.70. The molecule has 0 spiro atoms. The third-order valence-corrected chi connectivity index (χ3v) is 5.76. The number of halogens is 1. The van der Waals surface area contributed by atoms with Crippen LogP contribution in [-0.4, -0.2) is 26.7 Å². The molecule has 1 unspecified atom stereocenters. The summed E-state index contributed by atoms with van der Waals surface area (Å²) in [5, 5.41) is 0. The number of thioether (sulfide) groups is 1. The summed E-state index contributed by atoms with van der Waals surface area (Å²) in [5.74, 6) is 0.239. The molecule has 1 amide bonds. The first kappa shape index (κ1) is 18.7. The number of hydrogen-bond acceptors (Lipinski definition) is 4. The summed E-state index contributed by atoms with van der Waals surface area (Å²) in [6.45, 7) is 0. The van der Waals surface area contributed by atoms with Crippen molar-refractivity contribution in [3.63, 3.8) is 0 Å². The molecule has 0 N–H and O–H groups in total. The molecule has 2 aromatic rings. The van der Waals surface area contributed by atoms with Gasteiger partial charge in [-0.15, -0.1) is 0 Å². The van der Waals surface area contributed by atoms with Gasteiger partial charge >= 0.3 is 0 Å². The first-order valence-electron chi connectivity index (χ1n) is 8.39. The van der Waals surface area contributed by atoms with E-state index in [1.54, 1.807) is 4.90 Å². The zero-order valence-electron chi connectivity index (χ0n) is 14.1. The van der Waals surface area contributed by atoms with Crippen molar-refractivity contribution >= 4 is 40.0 Å². The molecule has 0 radical (unpaired) electrons. The number of hydrogen-bond donors (Lipinski definition) is 0. The highest BCUT2D eigenvalue weighted by atomic mass is 32.2. The quantitative estimate of drug-likeness (QED) is 0.528. The van der Waals surface area contributed by atoms with Gasteiger partial charge < -0.3 is 0 Å². The minimum atomic E-state index is -0.372. The summed E-state index contributed by atoms with van der Waals surface area (Å²) >= 11 is 6.86. The molecule has 1 heterocycles. The lowest BCUT2D eigenvalue weighted by atomic mass is 10.0. The lowest BCUT2D eigenvalue weighted by Crippen LogP contribution is -2.33. The molecule has 1 saturated heterocycles. The minimum absolute atomic E-state index is 0.0472. The van der Waals surface area contributed by atoms with Crippen LogP contribution in [0.4, 0.5) is 4.39 Å². The molecular weight excluding hydrogens is 369 g/mol. The van der Waals surface area contributed by atoms with Crippen molar-refractivity contribution in [1.29, 1.82) is 0 Å². The molecule has 0 saturated carbocycles. The van der Waals surface area contributed by atoms with Crippen LogP contribution in [0.1, 0.15) is 41.2 Å². The number of Topliss-reactive ketones (excluding diaryl/α,β-unsaturated/α-hetero) is 1. The highest BCUT2D eigenvalue weighted by molar-refractivity contribution is 8.23. The number of carbonyl (C=O) groups excluding carboxylic acids is 2. The third kappa shape index (κ3) is 4.37. The van der Waals surface area contributed by atoms with Crippen LogP contribution in [0.15, 0.2) is 54.6 Å². The van der Waals surface area contributed by atoms with Gasteiger partial charge in [-0.1, -0.05) is 54.3 Å². The molecule has 0 aromatic heterocycles. The topological polar surface area (TPSA) is 37.4 Å². The van der Waals surface area contributed by atoms with Crippen molar-refractivity contribution in [3.05, 3.63) is 71.5 Å². The number of nitrogens with zero attached hydrogens (tertiary/aromatic N) is 1. The fourth-order valence-corrected chi connectivity index (χ4v) is 4.36. The Labute approximate surface area is 161 Å². The Morgan fingerprint density at radius 1 is 1.08 bits per heavy atom. The van der Waals surface area contributed by atoms with Crippen LogP contribution < -0.4 is 0 Å². The predicted molar refractivity (Wildman–Crippen MR) is 106 cm³/mol. The lowest BCUT2D eigenvalue weighted by Gasteiger charge is -2.24. The van der Waals surface area contributed by atoms with Gasteiger partial charge in [-0.3, -0.25) is 14.5 Å². The van der Waals surface area contributed by atoms with Crippen LogP contribution in [-0.2, 0) is 4.79 Å². The van der Waals surface area contributed by atoms with E-state index in [-0.39, 0.29) is 36.4 Å². The summed E-state index contributed by atoms with van der Waals surface area (Å²) < 4.78 is 13.5. The summed E-state index contributed by atoms with van der Waals surface area (Å²) in [6.07, 6.45) is 0.957. The van der Waals surface area contributed by atoms with Crippen LogP contribution in [0, 0.1) is 5.82 Å². The maximum absolute atomic E-state index is 12.9. The Balaban J connectivity index is 1.57. The number of ketones is 1. The van der Waals surface area contributed by atoms with E-state index in [2.05, 4.69) is 0 Å². The molecule has 1 aliphatic heterocycles. The number of amides is 1. The van der Waals surface area contributed by atoms with Crippen LogP contribution in [0.5, 0.6) is 0 Å². The van der Waals surface area contributed by atoms with E-state index in [0.717, 1.165) is 11.3 Å². The first-order chi connectivity index (χ1) is 12.6. The maximum Gasteiger partial charge on any atom is 0.228 e. The summed E-state index contributed by atoms with van der Waals surface area (Å²) in [7, 11) is 0. The van der Waals surface area contributed by atoms with Gasteiger partial charge in [0.2, 0.25) is 5.91 Å². The van der Waals surface area contributed by atoms with Crippen LogP contribution in [0.25, 0.3) is 0 Å². The second kappa shape index (κ2) is 8.56. The van der Waals surface area contributed by atoms with Crippen LogP contribution >= 0.6 is 24.0 Å². The monoisotopic (exact) mass is 387 g/mol. The molecular formula is C20H18FNO2S2. The van der Waals surface area contributed by atoms with E-state index in [1.807, 2.05) is 30.3 Å². The van der Waals surface area contributed by atoms with Gasteiger partial charge in [0.15, 0.2) is 5.78 Å². The molecule has 3 nitrogen and oxygen atoms in total. The van der Waals surface area contributed by atoms with Crippen molar-refractivity contribution in [2.45, 2.75) is 25.3 Å². The summed E-state index contributed by atoms with van der Waals surface area (Å²) in [5.41, 5.74) is 1.53. The number of carbonyl (C=O) groups is 2. The SMILES string of the molecule is O=C(CCCC(=O)N1C(=S)SCC1c1ccccc1)c1ccc(F)cc1. The molecule has 26 heavy (non-hydrogen) atoms. The molecule has 1 atom stereocenters. The van der Waals surface area contributed by atoms with E-state index in [9.17, 15) is 14.0 Å².